The van der Waals surface area contributed by atoms with Crippen molar-refractivity contribution in [3.05, 3.63) is 0 Å². The van der Waals surface area contributed by atoms with Crippen LogP contribution < -0.4 is 11.1 Å². The Morgan fingerprint density at radius 3 is 2.14 bits per heavy atom. The summed E-state index contributed by atoms with van der Waals surface area (Å²) in [6, 6.07) is 0. The van der Waals surface area contributed by atoms with E-state index in [1.54, 1.807) is 0 Å². The standard InChI is InChI=1S/C6H15N3.H2O4S/c1-2-3-4-5-9-6(7)8;1-5(2,3)4/h2-5H2,1H3,(H4,7,8,9);(H2,1,2,3,4). The van der Waals surface area contributed by atoms with E-state index in [0.717, 1.165) is 13.0 Å². The summed E-state index contributed by atoms with van der Waals surface area (Å²) in [6.07, 6.45) is 3.52. The van der Waals surface area contributed by atoms with Gasteiger partial charge in [-0.2, -0.15) is 8.42 Å². The summed E-state index contributed by atoms with van der Waals surface area (Å²) in [5.41, 5.74) is 5.05. The molecule has 0 aliphatic carbocycles. The molecule has 0 heterocycles. The molecule has 0 rings (SSSR count). The van der Waals surface area contributed by atoms with Gasteiger partial charge < -0.3 is 11.1 Å². The third-order valence-electron chi connectivity index (χ3n) is 1.10. The molecule has 6 N–H and O–H groups in total. The molecule has 0 fully saturated rings. The Morgan fingerprint density at radius 2 is 1.86 bits per heavy atom. The Kier molecular flexibility index (Phi) is 9.73. The Bertz CT molecular complexity index is 231. The normalized spacial score (nSPS) is 9.93. The lowest BCUT2D eigenvalue weighted by atomic mass is 10.2. The molecule has 0 saturated heterocycles. The van der Waals surface area contributed by atoms with Crippen molar-refractivity contribution >= 4 is 16.4 Å². The van der Waals surface area contributed by atoms with Crippen LogP contribution in [0.5, 0.6) is 0 Å². The van der Waals surface area contributed by atoms with Crippen molar-refractivity contribution < 1.29 is 17.5 Å². The van der Waals surface area contributed by atoms with Gasteiger partial charge in [-0.25, -0.2) is 0 Å². The Morgan fingerprint density at radius 1 is 1.43 bits per heavy atom. The minimum absolute atomic E-state index is 0.0751. The number of guanidine groups is 1. The molecule has 0 aliphatic heterocycles. The van der Waals surface area contributed by atoms with Gasteiger partial charge >= 0.3 is 10.4 Å². The summed E-state index contributed by atoms with van der Waals surface area (Å²) in [5.74, 6) is 0.0751. The zero-order valence-corrected chi connectivity index (χ0v) is 8.84. The SMILES string of the molecule is CCCCCNC(=N)N.O=S(=O)(O)O. The van der Waals surface area contributed by atoms with Gasteiger partial charge in [0.1, 0.15) is 0 Å². The largest absolute Gasteiger partial charge is 0.394 e. The van der Waals surface area contributed by atoms with Gasteiger partial charge in [-0.05, 0) is 6.42 Å². The minimum atomic E-state index is -4.67. The van der Waals surface area contributed by atoms with Crippen LogP contribution in [-0.2, 0) is 10.4 Å². The highest BCUT2D eigenvalue weighted by atomic mass is 32.3. The fourth-order valence-electron chi connectivity index (χ4n) is 0.598. The average molecular weight is 227 g/mol. The van der Waals surface area contributed by atoms with Gasteiger partial charge in [-0.1, -0.05) is 19.8 Å². The highest BCUT2D eigenvalue weighted by Crippen LogP contribution is 1.89. The van der Waals surface area contributed by atoms with Crippen LogP contribution in [0.1, 0.15) is 26.2 Å². The van der Waals surface area contributed by atoms with Gasteiger partial charge in [0, 0.05) is 6.54 Å². The second-order valence-electron chi connectivity index (χ2n) is 2.50. The highest BCUT2D eigenvalue weighted by Gasteiger charge is 1.85. The van der Waals surface area contributed by atoms with E-state index in [0.29, 0.717) is 0 Å². The first kappa shape index (κ1) is 15.6. The van der Waals surface area contributed by atoms with Crippen LogP contribution in [0.25, 0.3) is 0 Å². The number of hydrogen-bond donors (Lipinski definition) is 5. The molecule has 0 aromatic heterocycles. The molecule has 7 nitrogen and oxygen atoms in total. The Balaban J connectivity index is 0. The zero-order chi connectivity index (χ0) is 11.6. The molecule has 0 aromatic carbocycles. The van der Waals surface area contributed by atoms with E-state index in [1.165, 1.54) is 12.8 Å². The lowest BCUT2D eigenvalue weighted by Crippen LogP contribution is -2.30. The second kappa shape index (κ2) is 8.73. The fraction of sp³-hybridized carbons (Fsp3) is 0.833. The second-order valence-corrected chi connectivity index (χ2v) is 3.39. The lowest BCUT2D eigenvalue weighted by Gasteiger charge is -2.00. The Hall–Kier alpha value is -0.860. The summed E-state index contributed by atoms with van der Waals surface area (Å²) < 4.78 is 31.6. The topological polar surface area (TPSA) is 136 Å². The van der Waals surface area contributed by atoms with Crippen molar-refractivity contribution in [2.75, 3.05) is 6.54 Å². The van der Waals surface area contributed by atoms with Crippen LogP contribution >= 0.6 is 0 Å². The van der Waals surface area contributed by atoms with Crippen LogP contribution in [0.15, 0.2) is 0 Å². The monoisotopic (exact) mass is 227 g/mol. The van der Waals surface area contributed by atoms with Gasteiger partial charge in [-0.3, -0.25) is 14.5 Å². The zero-order valence-electron chi connectivity index (χ0n) is 8.02. The van der Waals surface area contributed by atoms with Gasteiger partial charge in [-0.15, -0.1) is 0 Å². The summed E-state index contributed by atoms with van der Waals surface area (Å²) in [5, 5.41) is 9.54. The lowest BCUT2D eigenvalue weighted by molar-refractivity contribution is 0.381. The molecule has 8 heteroatoms. The first-order chi connectivity index (χ1) is 6.27. The molecule has 0 saturated carbocycles. The highest BCUT2D eigenvalue weighted by molar-refractivity contribution is 7.79. The molecule has 14 heavy (non-hydrogen) atoms. The summed E-state index contributed by atoms with van der Waals surface area (Å²) in [7, 11) is -4.67. The van der Waals surface area contributed by atoms with E-state index >= 15 is 0 Å². The maximum absolute atomic E-state index is 8.74. The molecular weight excluding hydrogens is 210 g/mol. The number of nitrogens with two attached hydrogens (primary N) is 1. The average Bonchev–Trinajstić information content (AvgIpc) is 1.94. The van der Waals surface area contributed by atoms with Crippen LogP contribution in [0.3, 0.4) is 0 Å². The third kappa shape index (κ3) is 43.4. The molecule has 0 bridgehead atoms. The van der Waals surface area contributed by atoms with E-state index in [2.05, 4.69) is 12.2 Å². The summed E-state index contributed by atoms with van der Waals surface area (Å²) in [6.45, 7) is 2.98. The number of unbranched alkanes of at least 4 members (excludes halogenated alkanes) is 2. The van der Waals surface area contributed by atoms with Gasteiger partial charge in [0.05, 0.1) is 0 Å². The minimum Gasteiger partial charge on any atom is -0.370 e. The molecule has 0 radical (unpaired) electrons. The van der Waals surface area contributed by atoms with Crippen molar-refractivity contribution in [2.24, 2.45) is 5.73 Å². The number of nitrogens with one attached hydrogen (secondary N) is 2. The molecular formula is C6H17N3O4S. The Labute approximate surface area is 83.8 Å². The van der Waals surface area contributed by atoms with Gasteiger partial charge in [0.2, 0.25) is 0 Å². The predicted octanol–water partition coefficient (Wildman–Crippen LogP) is 0.00687. The summed E-state index contributed by atoms with van der Waals surface area (Å²) in [4.78, 5) is 0. The van der Waals surface area contributed by atoms with Crippen LogP contribution in [0.2, 0.25) is 0 Å². The molecule has 0 aliphatic rings. The van der Waals surface area contributed by atoms with E-state index in [4.69, 9.17) is 28.7 Å². The van der Waals surface area contributed by atoms with E-state index in [9.17, 15) is 0 Å². The molecule has 0 atom stereocenters. The predicted molar refractivity (Wildman–Crippen MR) is 53.6 cm³/mol. The number of rotatable bonds is 4. The maximum Gasteiger partial charge on any atom is 0.394 e. The van der Waals surface area contributed by atoms with E-state index < -0.39 is 10.4 Å². The van der Waals surface area contributed by atoms with Crippen molar-refractivity contribution in [3.8, 4) is 0 Å². The molecule has 0 amide bonds. The fourth-order valence-corrected chi connectivity index (χ4v) is 0.598. The smallest absolute Gasteiger partial charge is 0.370 e. The molecule has 86 valence electrons. The van der Waals surface area contributed by atoms with E-state index in [-0.39, 0.29) is 5.96 Å². The van der Waals surface area contributed by atoms with Gasteiger partial charge in [0.15, 0.2) is 5.96 Å². The van der Waals surface area contributed by atoms with Crippen LogP contribution in [-0.4, -0.2) is 30.0 Å². The molecule has 0 spiro atoms. The third-order valence-corrected chi connectivity index (χ3v) is 1.10. The van der Waals surface area contributed by atoms with Crippen LogP contribution in [0, 0.1) is 5.41 Å². The van der Waals surface area contributed by atoms with Crippen molar-refractivity contribution in [3.63, 3.8) is 0 Å². The van der Waals surface area contributed by atoms with Crippen molar-refractivity contribution in [2.45, 2.75) is 26.2 Å². The quantitative estimate of drug-likeness (QED) is 0.198. The van der Waals surface area contributed by atoms with Crippen LogP contribution in [0.4, 0.5) is 0 Å². The maximum atomic E-state index is 8.74. The first-order valence-electron chi connectivity index (χ1n) is 4.05. The van der Waals surface area contributed by atoms with Gasteiger partial charge in [0.25, 0.3) is 0 Å². The molecule has 0 aromatic rings. The molecule has 0 unspecified atom stereocenters. The van der Waals surface area contributed by atoms with Crippen molar-refractivity contribution in [1.82, 2.24) is 5.32 Å². The number of hydrogen-bond acceptors (Lipinski definition) is 3. The summed E-state index contributed by atoms with van der Waals surface area (Å²) >= 11 is 0. The van der Waals surface area contributed by atoms with Crippen molar-refractivity contribution in [1.29, 1.82) is 5.41 Å². The van der Waals surface area contributed by atoms with E-state index in [1.807, 2.05) is 0 Å². The first-order valence-corrected chi connectivity index (χ1v) is 5.44.